The van der Waals surface area contributed by atoms with E-state index in [1.165, 1.54) is 22.7 Å². The second kappa shape index (κ2) is 5.51. The van der Waals surface area contributed by atoms with E-state index in [-0.39, 0.29) is 22.4 Å². The monoisotopic (exact) mass is 341 g/mol. The highest BCUT2D eigenvalue weighted by Crippen LogP contribution is 2.26. The molecule has 0 aliphatic carbocycles. The molecule has 1 N–H and O–H groups in total. The summed E-state index contributed by atoms with van der Waals surface area (Å²) in [7, 11) is 0. The Hall–Kier alpha value is -2.68. The maximum absolute atomic E-state index is 12.4. The van der Waals surface area contributed by atoms with Gasteiger partial charge in [-0.1, -0.05) is 6.07 Å². The number of carbonyl (C=O) groups excluding carboxylic acids is 1. The fourth-order valence-electron chi connectivity index (χ4n) is 1.95. The number of nitrogens with one attached hydrogen (secondary N) is 1. The topological polar surface area (TPSA) is 72.2 Å². The summed E-state index contributed by atoms with van der Waals surface area (Å²) in [6.07, 6.45) is -2.04. The van der Waals surface area contributed by atoms with Crippen LogP contribution in [0.25, 0.3) is 17.0 Å². The molecule has 0 radical (unpaired) electrons. The van der Waals surface area contributed by atoms with Crippen LogP contribution >= 0.6 is 11.6 Å². The van der Waals surface area contributed by atoms with E-state index in [1.54, 1.807) is 23.6 Å². The molecule has 0 saturated heterocycles. The van der Waals surface area contributed by atoms with E-state index in [9.17, 15) is 18.0 Å². The van der Waals surface area contributed by atoms with Gasteiger partial charge in [-0.3, -0.25) is 9.20 Å². The highest BCUT2D eigenvalue weighted by atomic mass is 35.5. The van der Waals surface area contributed by atoms with Crippen molar-refractivity contribution in [1.29, 1.82) is 0 Å². The van der Waals surface area contributed by atoms with Gasteiger partial charge in [0.1, 0.15) is 5.69 Å². The van der Waals surface area contributed by atoms with Crippen molar-refractivity contribution < 1.29 is 18.0 Å². The van der Waals surface area contributed by atoms with Gasteiger partial charge in [-0.05, 0) is 29.8 Å². The number of hydrogen-bond acceptors (Lipinski definition) is 4. The summed E-state index contributed by atoms with van der Waals surface area (Å²) in [5, 5.41) is 1.73. The first kappa shape index (κ1) is 15.2. The van der Waals surface area contributed by atoms with Crippen LogP contribution in [0.15, 0.2) is 36.7 Å². The zero-order chi connectivity index (χ0) is 16.6. The number of halogens is 4. The fraction of sp³-hybridized carbons (Fsp3) is 0.0769. The van der Waals surface area contributed by atoms with Crippen molar-refractivity contribution in [3.05, 3.63) is 41.9 Å². The maximum Gasteiger partial charge on any atom is 0.471 e. The number of amides is 1. The molecule has 0 saturated carbocycles. The third kappa shape index (κ3) is 2.95. The van der Waals surface area contributed by atoms with Gasteiger partial charge in [0.15, 0.2) is 11.6 Å². The molecule has 0 aromatic carbocycles. The first-order valence-electron chi connectivity index (χ1n) is 6.20. The predicted octanol–water partition coefficient (Wildman–Crippen LogP) is 2.95. The van der Waals surface area contributed by atoms with Crippen LogP contribution in [0.2, 0.25) is 5.28 Å². The number of pyridine rings is 1. The number of hydrogen-bond donors (Lipinski definition) is 1. The van der Waals surface area contributed by atoms with Crippen LogP contribution in [-0.2, 0) is 4.79 Å². The lowest BCUT2D eigenvalue weighted by molar-refractivity contribution is -0.167. The van der Waals surface area contributed by atoms with Gasteiger partial charge in [0.05, 0.1) is 5.52 Å². The Morgan fingerprint density at radius 1 is 1.22 bits per heavy atom. The number of alkyl halides is 3. The molecule has 3 aromatic rings. The van der Waals surface area contributed by atoms with E-state index in [1.807, 2.05) is 0 Å². The van der Waals surface area contributed by atoms with Gasteiger partial charge in [0.25, 0.3) is 0 Å². The van der Waals surface area contributed by atoms with Crippen LogP contribution < -0.4 is 5.32 Å². The van der Waals surface area contributed by atoms with Crippen molar-refractivity contribution >= 4 is 28.8 Å². The van der Waals surface area contributed by atoms with Crippen molar-refractivity contribution in [3.8, 4) is 11.5 Å². The van der Waals surface area contributed by atoms with E-state index in [0.717, 1.165) is 0 Å². The molecular formula is C13H7ClF3N5O. The van der Waals surface area contributed by atoms with Gasteiger partial charge in [-0.2, -0.15) is 13.2 Å². The summed E-state index contributed by atoms with van der Waals surface area (Å²) in [5.41, 5.74) is 0.591. The lowest BCUT2D eigenvalue weighted by atomic mass is 10.3. The summed E-state index contributed by atoms with van der Waals surface area (Å²) in [6, 6.07) is 6.29. The largest absolute Gasteiger partial charge is 0.471 e. The quantitative estimate of drug-likeness (QED) is 0.727. The predicted molar refractivity (Wildman–Crippen MR) is 75.9 cm³/mol. The maximum atomic E-state index is 12.4. The van der Waals surface area contributed by atoms with Crippen LogP contribution in [0, 0.1) is 0 Å². The fourth-order valence-corrected chi connectivity index (χ4v) is 2.10. The van der Waals surface area contributed by atoms with Gasteiger partial charge in [-0.15, -0.1) is 0 Å². The van der Waals surface area contributed by atoms with Crippen LogP contribution in [-0.4, -0.2) is 31.4 Å². The third-order valence-corrected chi connectivity index (χ3v) is 3.08. The summed E-state index contributed by atoms with van der Waals surface area (Å²) in [6.45, 7) is 0. The molecule has 6 nitrogen and oxygen atoms in total. The Bertz CT molecular complexity index is 893. The highest BCUT2D eigenvalue weighted by molar-refractivity contribution is 6.28. The van der Waals surface area contributed by atoms with Crippen molar-refractivity contribution in [3.63, 3.8) is 0 Å². The molecule has 1 amide bonds. The number of nitrogens with zero attached hydrogens (tertiary/aromatic N) is 4. The second-order valence-corrected chi connectivity index (χ2v) is 4.74. The van der Waals surface area contributed by atoms with Crippen molar-refractivity contribution in [2.45, 2.75) is 6.18 Å². The van der Waals surface area contributed by atoms with E-state index >= 15 is 0 Å². The van der Waals surface area contributed by atoms with Crippen molar-refractivity contribution in [1.82, 2.24) is 19.4 Å². The molecule has 0 aliphatic heterocycles. The zero-order valence-corrected chi connectivity index (χ0v) is 11.9. The second-order valence-electron chi connectivity index (χ2n) is 4.40. The molecule has 0 aliphatic rings. The molecule has 0 atom stereocenters. The van der Waals surface area contributed by atoms with Crippen molar-refractivity contribution in [2.24, 2.45) is 0 Å². The number of fused-ring (bicyclic) bond motifs is 1. The van der Waals surface area contributed by atoms with E-state index in [0.29, 0.717) is 5.69 Å². The minimum Gasteiger partial charge on any atom is -0.301 e. The minimum absolute atomic E-state index is 0.0314. The number of aromatic nitrogens is 4. The van der Waals surface area contributed by atoms with Crippen LogP contribution in [0.1, 0.15) is 0 Å². The molecule has 0 fully saturated rings. The van der Waals surface area contributed by atoms with Gasteiger partial charge in [-0.25, -0.2) is 15.0 Å². The lowest BCUT2D eigenvalue weighted by Gasteiger charge is -2.05. The van der Waals surface area contributed by atoms with Gasteiger partial charge in [0.2, 0.25) is 5.28 Å². The molecule has 0 spiro atoms. The Labute approximate surface area is 132 Å². The van der Waals surface area contributed by atoms with Crippen LogP contribution in [0.3, 0.4) is 0 Å². The molecule has 3 rings (SSSR count). The van der Waals surface area contributed by atoms with E-state index in [2.05, 4.69) is 15.0 Å². The number of carbonyl (C=O) groups is 1. The average Bonchev–Trinajstić information content (AvgIpc) is 2.85. The molecule has 3 heterocycles. The SMILES string of the molecule is O=C(Nc1nc(-c2ccnc(Cl)n2)n2ccccc12)C(F)(F)F. The smallest absolute Gasteiger partial charge is 0.301 e. The third-order valence-electron chi connectivity index (χ3n) is 2.89. The van der Waals surface area contributed by atoms with Crippen LogP contribution in [0.4, 0.5) is 19.0 Å². The minimum atomic E-state index is -5.01. The highest BCUT2D eigenvalue weighted by Gasteiger charge is 2.39. The number of rotatable bonds is 2. The summed E-state index contributed by atoms with van der Waals surface area (Å²) >= 11 is 5.72. The summed E-state index contributed by atoms with van der Waals surface area (Å²) < 4.78 is 38.8. The number of anilines is 1. The molecule has 10 heteroatoms. The van der Waals surface area contributed by atoms with E-state index in [4.69, 9.17) is 11.6 Å². The lowest BCUT2D eigenvalue weighted by Crippen LogP contribution is -2.30. The molecular weight excluding hydrogens is 335 g/mol. The Morgan fingerprint density at radius 3 is 2.70 bits per heavy atom. The Morgan fingerprint density at radius 2 is 2.00 bits per heavy atom. The molecule has 0 unspecified atom stereocenters. The molecule has 23 heavy (non-hydrogen) atoms. The summed E-state index contributed by atoms with van der Waals surface area (Å²) in [4.78, 5) is 22.9. The molecule has 118 valence electrons. The number of imidazole rings is 1. The average molecular weight is 342 g/mol. The Kier molecular flexibility index (Phi) is 3.64. The van der Waals surface area contributed by atoms with Gasteiger partial charge >= 0.3 is 12.1 Å². The summed E-state index contributed by atoms with van der Waals surface area (Å²) in [5.74, 6) is -2.10. The first-order valence-corrected chi connectivity index (χ1v) is 6.58. The van der Waals surface area contributed by atoms with Crippen LogP contribution in [0.5, 0.6) is 0 Å². The van der Waals surface area contributed by atoms with Crippen molar-refractivity contribution in [2.75, 3.05) is 5.32 Å². The normalized spacial score (nSPS) is 11.7. The standard InChI is InChI=1S/C13H7ClF3N5O/c14-12-18-5-4-7(19-12)10-20-9(21-11(23)13(15,16)17)8-3-1-2-6-22(8)10/h1-6H,(H,21,23). The van der Waals surface area contributed by atoms with Gasteiger partial charge < -0.3 is 5.32 Å². The molecule has 3 aromatic heterocycles. The van der Waals surface area contributed by atoms with E-state index < -0.39 is 12.1 Å². The first-order chi connectivity index (χ1) is 10.9. The Balaban J connectivity index is 2.12. The van der Waals surface area contributed by atoms with Gasteiger partial charge in [0, 0.05) is 12.4 Å². The molecule has 0 bridgehead atoms. The zero-order valence-electron chi connectivity index (χ0n) is 11.2.